The predicted octanol–water partition coefficient (Wildman–Crippen LogP) is 4.12. The molecule has 4 bridgehead atoms. The number of ether oxygens (including phenoxy) is 1. The first-order valence-corrected chi connectivity index (χ1v) is 13.2. The molecule has 4 aromatic rings. The van der Waals surface area contributed by atoms with Crippen LogP contribution in [0, 0.1) is 19.8 Å². The fourth-order valence-electron chi connectivity index (χ4n) is 7.13. The zero-order valence-electron chi connectivity index (χ0n) is 21.3. The highest BCUT2D eigenvalue weighted by atomic mass is 16.5. The molecular formula is C29H28N4O5. The first-order valence-electron chi connectivity index (χ1n) is 13.2. The molecule has 4 aliphatic carbocycles. The van der Waals surface area contributed by atoms with Crippen LogP contribution in [0.1, 0.15) is 64.1 Å². The van der Waals surface area contributed by atoms with Gasteiger partial charge < -0.3 is 24.5 Å². The molecule has 2 amide bonds. The molecule has 0 spiro atoms. The van der Waals surface area contributed by atoms with E-state index in [1.165, 1.54) is 0 Å². The summed E-state index contributed by atoms with van der Waals surface area (Å²) in [5, 5.41) is 18.8. The van der Waals surface area contributed by atoms with E-state index in [-0.39, 0.29) is 23.4 Å². The number of rotatable bonds is 5. The molecule has 9 nitrogen and oxygen atoms in total. The van der Waals surface area contributed by atoms with Crippen LogP contribution in [-0.4, -0.2) is 55.2 Å². The van der Waals surface area contributed by atoms with E-state index in [0.29, 0.717) is 58.9 Å². The molecule has 0 radical (unpaired) electrons. The van der Waals surface area contributed by atoms with Crippen molar-refractivity contribution in [1.29, 1.82) is 0 Å². The summed E-state index contributed by atoms with van der Waals surface area (Å²) in [6, 6.07) is 7.36. The van der Waals surface area contributed by atoms with Crippen LogP contribution in [0.2, 0.25) is 0 Å². The maximum Gasteiger partial charge on any atom is 0.256 e. The smallest absolute Gasteiger partial charge is 0.256 e. The standard InChI is InChI=1S/C29H28N4O5/c1-15-21(27(35)32-14-29(36)11-18(32)12-29)13-33-25(15)22(5-6-30-33)38-19-3-4-20-23(7-19)37-16(2)24(20)26(34)31-28-8-17(9-28)10-28/h3-7,13,17-18,36H,8-12,14H2,1-2H3,(H,31,34). The van der Waals surface area contributed by atoms with E-state index >= 15 is 0 Å². The molecule has 10 rings (SSSR count). The Bertz CT molecular complexity index is 1680. The zero-order valence-corrected chi connectivity index (χ0v) is 21.3. The van der Waals surface area contributed by atoms with Crippen molar-refractivity contribution in [1.82, 2.24) is 19.8 Å². The first kappa shape index (κ1) is 22.2. The molecule has 3 aromatic heterocycles. The van der Waals surface area contributed by atoms with Gasteiger partial charge >= 0.3 is 0 Å². The minimum Gasteiger partial charge on any atom is -0.460 e. The first-order chi connectivity index (χ1) is 18.2. The minimum atomic E-state index is -0.722. The summed E-state index contributed by atoms with van der Waals surface area (Å²) in [7, 11) is 0. The Hall–Kier alpha value is -3.85. The Kier molecular flexibility index (Phi) is 4.18. The van der Waals surface area contributed by atoms with Crippen LogP contribution in [0.5, 0.6) is 11.5 Å². The van der Waals surface area contributed by atoms with Gasteiger partial charge in [-0.15, -0.1) is 0 Å². The van der Waals surface area contributed by atoms with Gasteiger partial charge in [0.25, 0.3) is 11.8 Å². The number of nitrogens with zero attached hydrogens (tertiary/aromatic N) is 3. The number of furan rings is 1. The molecule has 5 heterocycles. The molecule has 2 aliphatic heterocycles. The van der Waals surface area contributed by atoms with Gasteiger partial charge in [-0.25, -0.2) is 4.52 Å². The van der Waals surface area contributed by atoms with Crippen LogP contribution < -0.4 is 10.1 Å². The number of aliphatic hydroxyl groups is 1. The molecule has 4 saturated carbocycles. The molecular weight excluding hydrogens is 484 g/mol. The Balaban J connectivity index is 1.09. The molecule has 0 unspecified atom stereocenters. The van der Waals surface area contributed by atoms with Gasteiger partial charge in [0.1, 0.15) is 22.6 Å². The van der Waals surface area contributed by atoms with Crippen molar-refractivity contribution in [2.75, 3.05) is 6.54 Å². The van der Waals surface area contributed by atoms with Gasteiger partial charge in [0.05, 0.1) is 29.5 Å². The van der Waals surface area contributed by atoms with Crippen molar-refractivity contribution in [3.8, 4) is 11.5 Å². The molecule has 194 valence electrons. The SMILES string of the molecule is Cc1oc2cc(Oc3ccnn4cc(C(=O)N5CC6(O)CC5C6)c(C)c34)ccc2c1C(=O)NC12CC(C1)C2. The molecule has 6 aliphatic rings. The van der Waals surface area contributed by atoms with Crippen LogP contribution in [-0.2, 0) is 0 Å². The van der Waals surface area contributed by atoms with Crippen LogP contribution in [0.4, 0.5) is 0 Å². The van der Waals surface area contributed by atoms with E-state index in [9.17, 15) is 14.7 Å². The molecule has 2 N–H and O–H groups in total. The number of aromatic nitrogens is 2. The topological polar surface area (TPSA) is 109 Å². The third-order valence-electron chi connectivity index (χ3n) is 9.23. The quantitative estimate of drug-likeness (QED) is 0.416. The number of aryl methyl sites for hydroxylation is 2. The number of fused-ring (bicyclic) bond motifs is 3. The normalized spacial score (nSPS) is 28.7. The molecule has 9 heteroatoms. The third-order valence-corrected chi connectivity index (χ3v) is 9.23. The second-order valence-electron chi connectivity index (χ2n) is 11.9. The van der Waals surface area contributed by atoms with Gasteiger partial charge in [0.15, 0.2) is 5.75 Å². The number of benzene rings is 1. The second-order valence-corrected chi connectivity index (χ2v) is 11.9. The summed E-state index contributed by atoms with van der Waals surface area (Å²) in [5.41, 5.74) is 2.48. The fraction of sp³-hybridized carbons (Fsp3) is 0.414. The lowest BCUT2D eigenvalue weighted by Crippen LogP contribution is -2.68. The zero-order chi connectivity index (χ0) is 26.0. The van der Waals surface area contributed by atoms with E-state index < -0.39 is 5.60 Å². The lowest BCUT2D eigenvalue weighted by molar-refractivity contribution is -0.0438. The highest BCUT2D eigenvalue weighted by Crippen LogP contribution is 2.57. The molecule has 2 saturated heterocycles. The number of nitrogens with one attached hydrogen (secondary N) is 1. The van der Waals surface area contributed by atoms with Crippen molar-refractivity contribution < 1.29 is 23.8 Å². The Morgan fingerprint density at radius 2 is 1.95 bits per heavy atom. The van der Waals surface area contributed by atoms with Crippen molar-refractivity contribution in [3.63, 3.8) is 0 Å². The lowest BCUT2D eigenvalue weighted by Gasteiger charge is -2.61. The van der Waals surface area contributed by atoms with Gasteiger partial charge in [-0.3, -0.25) is 9.59 Å². The summed E-state index contributed by atoms with van der Waals surface area (Å²) in [6.45, 7) is 4.08. The highest BCUT2D eigenvalue weighted by molar-refractivity contribution is 6.08. The van der Waals surface area contributed by atoms with Gasteiger partial charge in [0, 0.05) is 35.3 Å². The van der Waals surface area contributed by atoms with Gasteiger partial charge in [0.2, 0.25) is 0 Å². The molecule has 6 fully saturated rings. The maximum atomic E-state index is 13.3. The summed E-state index contributed by atoms with van der Waals surface area (Å²) in [6.07, 6.45) is 7.91. The molecule has 0 atom stereocenters. The van der Waals surface area contributed by atoms with Crippen molar-refractivity contribution in [2.45, 2.75) is 63.1 Å². The van der Waals surface area contributed by atoms with Gasteiger partial charge in [-0.2, -0.15) is 5.10 Å². The molecule has 38 heavy (non-hydrogen) atoms. The second kappa shape index (κ2) is 7.17. The van der Waals surface area contributed by atoms with Crippen LogP contribution in [0.15, 0.2) is 41.1 Å². The van der Waals surface area contributed by atoms with Crippen molar-refractivity contribution in [2.24, 2.45) is 5.92 Å². The highest BCUT2D eigenvalue weighted by Gasteiger charge is 2.57. The van der Waals surface area contributed by atoms with Crippen LogP contribution >= 0.6 is 0 Å². The maximum absolute atomic E-state index is 13.3. The summed E-state index contributed by atoms with van der Waals surface area (Å²) >= 11 is 0. The average molecular weight is 513 g/mol. The Morgan fingerprint density at radius 3 is 2.63 bits per heavy atom. The largest absolute Gasteiger partial charge is 0.460 e. The van der Waals surface area contributed by atoms with E-state index in [1.54, 1.807) is 33.9 Å². The number of carbonyl (C=O) groups excluding carboxylic acids is 2. The number of carbonyl (C=O) groups is 2. The average Bonchev–Trinajstić information content (AvgIpc) is 3.53. The number of amides is 2. The van der Waals surface area contributed by atoms with Crippen LogP contribution in [0.3, 0.4) is 0 Å². The van der Waals surface area contributed by atoms with Crippen molar-refractivity contribution in [3.05, 3.63) is 59.1 Å². The van der Waals surface area contributed by atoms with Crippen molar-refractivity contribution >= 4 is 28.3 Å². The minimum absolute atomic E-state index is 0.00247. The monoisotopic (exact) mass is 512 g/mol. The summed E-state index contributed by atoms with van der Waals surface area (Å²) < 4.78 is 13.9. The Morgan fingerprint density at radius 1 is 1.16 bits per heavy atom. The van der Waals surface area contributed by atoms with Gasteiger partial charge in [-0.1, -0.05) is 0 Å². The Labute approximate surface area is 218 Å². The third kappa shape index (κ3) is 2.99. The molecule has 1 aromatic carbocycles. The van der Waals surface area contributed by atoms with Crippen LogP contribution in [0.25, 0.3) is 16.5 Å². The van der Waals surface area contributed by atoms with E-state index in [4.69, 9.17) is 9.15 Å². The number of hydrogen-bond acceptors (Lipinski definition) is 6. The van der Waals surface area contributed by atoms with Gasteiger partial charge in [-0.05, 0) is 69.6 Å². The summed E-state index contributed by atoms with van der Waals surface area (Å²) in [5.74, 6) is 2.32. The van der Waals surface area contributed by atoms with E-state index in [1.807, 2.05) is 26.0 Å². The van der Waals surface area contributed by atoms with E-state index in [0.717, 1.165) is 36.1 Å². The fourth-order valence-corrected chi connectivity index (χ4v) is 7.13. The summed E-state index contributed by atoms with van der Waals surface area (Å²) in [4.78, 5) is 28.2. The number of hydrogen-bond donors (Lipinski definition) is 2. The van der Waals surface area contributed by atoms with E-state index in [2.05, 4.69) is 10.4 Å². The predicted molar refractivity (Wildman–Crippen MR) is 138 cm³/mol. The lowest BCUT2D eigenvalue weighted by atomic mass is 9.50.